The highest BCUT2D eigenvalue weighted by atomic mass is 19.4. The van der Waals surface area contributed by atoms with Crippen LogP contribution in [-0.4, -0.2) is 32.0 Å². The smallest absolute Gasteiger partial charge is 0.354 e. The van der Waals surface area contributed by atoms with Crippen molar-refractivity contribution >= 4 is 5.82 Å². The summed E-state index contributed by atoms with van der Waals surface area (Å²) in [6, 6.07) is 5.79. The number of alkyl halides is 3. The van der Waals surface area contributed by atoms with Gasteiger partial charge in [0.15, 0.2) is 11.5 Å². The summed E-state index contributed by atoms with van der Waals surface area (Å²) in [6.45, 7) is 0.254. The van der Waals surface area contributed by atoms with Crippen molar-refractivity contribution in [1.82, 2.24) is 24.9 Å². The Morgan fingerprint density at radius 2 is 1.88 bits per heavy atom. The van der Waals surface area contributed by atoms with Crippen molar-refractivity contribution in [2.24, 2.45) is 0 Å². The van der Waals surface area contributed by atoms with Gasteiger partial charge < -0.3 is 4.90 Å². The number of anilines is 1. The van der Waals surface area contributed by atoms with Gasteiger partial charge in [0, 0.05) is 31.7 Å². The highest BCUT2D eigenvalue weighted by Crippen LogP contribution is 2.31. The first-order valence-corrected chi connectivity index (χ1v) is 7.27. The zero-order valence-corrected chi connectivity index (χ0v) is 13.1. The third-order valence-electron chi connectivity index (χ3n) is 3.30. The lowest BCUT2D eigenvalue weighted by Crippen LogP contribution is -2.21. The van der Waals surface area contributed by atoms with Gasteiger partial charge in [0.1, 0.15) is 11.5 Å². The maximum Gasteiger partial charge on any atom is 0.433 e. The van der Waals surface area contributed by atoms with E-state index in [0.717, 1.165) is 6.07 Å². The minimum Gasteiger partial charge on any atom is -0.354 e. The standard InChI is InChI=1S/C16H13F3N6/c1-25(10-11-9-20-6-7-21-11)14-8-13(16(17,18)19)23-15(24-14)12-4-2-3-5-22-12/h2-9H,10H2,1H3. The van der Waals surface area contributed by atoms with Gasteiger partial charge in [-0.1, -0.05) is 6.07 Å². The molecule has 9 heteroatoms. The number of aromatic nitrogens is 5. The van der Waals surface area contributed by atoms with Gasteiger partial charge in [-0.05, 0) is 12.1 Å². The van der Waals surface area contributed by atoms with E-state index < -0.39 is 11.9 Å². The summed E-state index contributed by atoms with van der Waals surface area (Å²) in [5.74, 6) is 0.0325. The van der Waals surface area contributed by atoms with E-state index in [0.29, 0.717) is 5.69 Å². The molecule has 0 radical (unpaired) electrons. The van der Waals surface area contributed by atoms with Crippen molar-refractivity contribution in [3.63, 3.8) is 0 Å². The molecule has 0 bridgehead atoms. The molecule has 0 aliphatic rings. The molecule has 0 aliphatic heterocycles. The molecule has 0 spiro atoms. The highest BCUT2D eigenvalue weighted by Gasteiger charge is 2.34. The number of hydrogen-bond donors (Lipinski definition) is 0. The van der Waals surface area contributed by atoms with E-state index in [1.54, 1.807) is 36.3 Å². The molecule has 3 aromatic rings. The minimum absolute atomic E-state index is 0.0866. The number of pyridine rings is 1. The molecule has 0 atom stereocenters. The highest BCUT2D eigenvalue weighted by molar-refractivity contribution is 5.53. The van der Waals surface area contributed by atoms with E-state index in [4.69, 9.17) is 0 Å². The monoisotopic (exact) mass is 346 g/mol. The third kappa shape index (κ3) is 4.06. The largest absolute Gasteiger partial charge is 0.433 e. The summed E-state index contributed by atoms with van der Waals surface area (Å²) in [4.78, 5) is 21.5. The molecule has 3 heterocycles. The molecule has 3 aromatic heterocycles. The van der Waals surface area contributed by atoms with Crippen LogP contribution in [0.5, 0.6) is 0 Å². The van der Waals surface area contributed by atoms with Crippen LogP contribution in [0.1, 0.15) is 11.4 Å². The first kappa shape index (κ1) is 16.7. The zero-order chi connectivity index (χ0) is 17.9. The lowest BCUT2D eigenvalue weighted by molar-refractivity contribution is -0.141. The second kappa shape index (κ2) is 6.80. The summed E-state index contributed by atoms with van der Waals surface area (Å²) in [6.07, 6.45) is 1.47. The second-order valence-corrected chi connectivity index (χ2v) is 5.20. The van der Waals surface area contributed by atoms with Crippen molar-refractivity contribution in [1.29, 1.82) is 0 Å². The predicted octanol–water partition coefficient (Wildman–Crippen LogP) is 2.98. The molecule has 0 saturated heterocycles. The average Bonchev–Trinajstić information content (AvgIpc) is 2.62. The number of nitrogens with zero attached hydrogens (tertiary/aromatic N) is 6. The van der Waals surface area contributed by atoms with E-state index in [1.807, 2.05) is 0 Å². The molecule has 0 N–H and O–H groups in total. The second-order valence-electron chi connectivity index (χ2n) is 5.20. The van der Waals surface area contributed by atoms with Crippen LogP contribution in [0.25, 0.3) is 11.5 Å². The molecule has 0 aromatic carbocycles. The maximum absolute atomic E-state index is 13.2. The van der Waals surface area contributed by atoms with Gasteiger partial charge in [-0.25, -0.2) is 9.97 Å². The van der Waals surface area contributed by atoms with Gasteiger partial charge in [-0.15, -0.1) is 0 Å². The topological polar surface area (TPSA) is 67.7 Å². The Labute approximate surface area is 141 Å². The fraction of sp³-hybridized carbons (Fsp3) is 0.188. The fourth-order valence-corrected chi connectivity index (χ4v) is 2.12. The summed E-state index contributed by atoms with van der Waals surface area (Å²) in [7, 11) is 1.62. The molecule has 0 fully saturated rings. The summed E-state index contributed by atoms with van der Waals surface area (Å²) < 4.78 is 39.6. The summed E-state index contributed by atoms with van der Waals surface area (Å²) >= 11 is 0. The Hall–Kier alpha value is -3.10. The molecule has 25 heavy (non-hydrogen) atoms. The van der Waals surface area contributed by atoms with Crippen LogP contribution in [0.2, 0.25) is 0 Å². The SMILES string of the molecule is CN(Cc1cnccn1)c1cc(C(F)(F)F)nc(-c2ccccn2)n1. The third-order valence-corrected chi connectivity index (χ3v) is 3.30. The lowest BCUT2D eigenvalue weighted by Gasteiger charge is -2.19. The molecular weight excluding hydrogens is 333 g/mol. The first-order chi connectivity index (χ1) is 11.9. The van der Waals surface area contributed by atoms with E-state index >= 15 is 0 Å². The van der Waals surface area contributed by atoms with Gasteiger partial charge in [0.2, 0.25) is 0 Å². The Bertz CT molecular complexity index is 839. The summed E-state index contributed by atoms with van der Waals surface area (Å²) in [5.41, 5.74) is -0.150. The molecule has 3 rings (SSSR count). The molecule has 0 unspecified atom stereocenters. The Balaban J connectivity index is 2.00. The van der Waals surface area contributed by atoms with Gasteiger partial charge in [-0.2, -0.15) is 13.2 Å². The average molecular weight is 346 g/mol. The van der Waals surface area contributed by atoms with E-state index in [2.05, 4.69) is 24.9 Å². The molecule has 128 valence electrons. The molecule has 0 saturated carbocycles. The quantitative estimate of drug-likeness (QED) is 0.723. The minimum atomic E-state index is -4.59. The van der Waals surface area contributed by atoms with Crippen molar-refractivity contribution in [2.75, 3.05) is 11.9 Å². The van der Waals surface area contributed by atoms with Crippen molar-refractivity contribution in [3.05, 3.63) is 60.4 Å². The number of hydrogen-bond acceptors (Lipinski definition) is 6. The lowest BCUT2D eigenvalue weighted by atomic mass is 10.3. The Kier molecular flexibility index (Phi) is 4.55. The van der Waals surface area contributed by atoms with E-state index in [1.165, 1.54) is 18.6 Å². The van der Waals surface area contributed by atoms with Crippen LogP contribution in [0.3, 0.4) is 0 Å². The summed E-state index contributed by atoms with van der Waals surface area (Å²) in [5, 5.41) is 0. The van der Waals surface area contributed by atoms with E-state index in [9.17, 15) is 13.2 Å². The molecule has 6 nitrogen and oxygen atoms in total. The fourth-order valence-electron chi connectivity index (χ4n) is 2.12. The van der Waals surface area contributed by atoms with Crippen molar-refractivity contribution in [3.8, 4) is 11.5 Å². The Morgan fingerprint density at radius 1 is 1.04 bits per heavy atom. The van der Waals surface area contributed by atoms with Gasteiger partial charge in [0.25, 0.3) is 0 Å². The van der Waals surface area contributed by atoms with Crippen LogP contribution in [0.15, 0.2) is 49.1 Å². The van der Waals surface area contributed by atoms with Crippen LogP contribution < -0.4 is 4.90 Å². The van der Waals surface area contributed by atoms with Crippen LogP contribution in [0, 0.1) is 0 Å². The molecule has 0 aliphatic carbocycles. The predicted molar refractivity (Wildman–Crippen MR) is 84.4 cm³/mol. The van der Waals surface area contributed by atoms with Crippen molar-refractivity contribution < 1.29 is 13.2 Å². The van der Waals surface area contributed by atoms with Crippen LogP contribution in [0.4, 0.5) is 19.0 Å². The van der Waals surface area contributed by atoms with Gasteiger partial charge >= 0.3 is 6.18 Å². The van der Waals surface area contributed by atoms with Gasteiger partial charge in [-0.3, -0.25) is 15.0 Å². The van der Waals surface area contributed by atoms with Gasteiger partial charge in [0.05, 0.1) is 18.4 Å². The van der Waals surface area contributed by atoms with Crippen LogP contribution in [-0.2, 0) is 12.7 Å². The number of halogens is 3. The maximum atomic E-state index is 13.2. The molecular formula is C16H13F3N6. The first-order valence-electron chi connectivity index (χ1n) is 7.27. The zero-order valence-electron chi connectivity index (χ0n) is 13.1. The Morgan fingerprint density at radius 3 is 2.52 bits per heavy atom. The van der Waals surface area contributed by atoms with E-state index in [-0.39, 0.29) is 23.9 Å². The molecule has 0 amide bonds. The number of rotatable bonds is 4. The normalized spacial score (nSPS) is 11.4. The van der Waals surface area contributed by atoms with Crippen LogP contribution >= 0.6 is 0 Å². The van der Waals surface area contributed by atoms with Crippen molar-refractivity contribution in [2.45, 2.75) is 12.7 Å².